The minimum atomic E-state index is -0.851. The summed E-state index contributed by atoms with van der Waals surface area (Å²) in [6.45, 7) is 1.43. The number of hydrogen-bond donors (Lipinski definition) is 1. The average molecular weight is 279 g/mol. The van der Waals surface area contributed by atoms with Gasteiger partial charge in [-0.05, 0) is 25.8 Å². The van der Waals surface area contributed by atoms with Crippen LogP contribution < -0.4 is 4.74 Å². The van der Waals surface area contributed by atoms with Crippen LogP contribution in [-0.2, 0) is 0 Å². The van der Waals surface area contributed by atoms with Crippen LogP contribution in [0.4, 0.5) is 5.69 Å². The molecule has 0 atom stereocenters. The van der Waals surface area contributed by atoms with Crippen molar-refractivity contribution in [3.8, 4) is 5.75 Å². The Hall–Kier alpha value is -1.95. The number of ether oxygens (including phenoxy) is 1. The Morgan fingerprint density at radius 1 is 1.45 bits per heavy atom. The molecular formula is C14H17NO5. The number of hydrogen-bond acceptors (Lipinski definition) is 5. The number of nitro groups is 1. The fourth-order valence-corrected chi connectivity index (χ4v) is 2.42. The zero-order valence-electron chi connectivity index (χ0n) is 11.3. The van der Waals surface area contributed by atoms with Gasteiger partial charge < -0.3 is 9.84 Å². The van der Waals surface area contributed by atoms with E-state index in [4.69, 9.17) is 4.74 Å². The predicted molar refractivity (Wildman–Crippen MR) is 72.0 cm³/mol. The third kappa shape index (κ3) is 3.14. The maximum Gasteiger partial charge on any atom is 0.270 e. The van der Waals surface area contributed by atoms with E-state index < -0.39 is 10.5 Å². The molecule has 1 aromatic rings. The largest absolute Gasteiger partial charge is 0.490 e. The highest BCUT2D eigenvalue weighted by atomic mass is 16.6. The van der Waals surface area contributed by atoms with Crippen molar-refractivity contribution in [1.82, 2.24) is 0 Å². The van der Waals surface area contributed by atoms with Gasteiger partial charge in [-0.25, -0.2) is 0 Å². The summed E-state index contributed by atoms with van der Waals surface area (Å²) in [6, 6.07) is 3.91. The van der Waals surface area contributed by atoms with Gasteiger partial charge in [-0.1, -0.05) is 12.8 Å². The Kier molecular flexibility index (Phi) is 4.04. The first-order valence-electron chi connectivity index (χ1n) is 6.56. The normalized spacial score (nSPS) is 16.9. The molecule has 0 radical (unpaired) electrons. The van der Waals surface area contributed by atoms with Crippen molar-refractivity contribution in [3.63, 3.8) is 0 Å². The third-order valence-corrected chi connectivity index (χ3v) is 3.58. The van der Waals surface area contributed by atoms with Crippen molar-refractivity contribution in [2.45, 2.75) is 38.2 Å². The number of nitro benzene ring substituents is 1. The number of carbonyl (C=O) groups excluding carboxylic acids is 1. The Morgan fingerprint density at radius 2 is 2.10 bits per heavy atom. The average Bonchev–Trinajstić information content (AvgIpc) is 2.83. The van der Waals surface area contributed by atoms with Gasteiger partial charge in [-0.2, -0.15) is 0 Å². The van der Waals surface area contributed by atoms with Crippen molar-refractivity contribution in [1.29, 1.82) is 0 Å². The van der Waals surface area contributed by atoms with Gasteiger partial charge in [0.25, 0.3) is 5.69 Å². The molecule has 2 rings (SSSR count). The molecule has 0 unspecified atom stereocenters. The van der Waals surface area contributed by atoms with E-state index in [0.29, 0.717) is 12.8 Å². The van der Waals surface area contributed by atoms with Gasteiger partial charge in [0.2, 0.25) is 0 Å². The molecule has 1 N–H and O–H groups in total. The van der Waals surface area contributed by atoms with E-state index in [1.165, 1.54) is 25.1 Å². The first-order chi connectivity index (χ1) is 9.41. The summed E-state index contributed by atoms with van der Waals surface area (Å²) < 4.78 is 5.53. The Balaban J connectivity index is 2.18. The quantitative estimate of drug-likeness (QED) is 0.508. The third-order valence-electron chi connectivity index (χ3n) is 3.58. The Labute approximate surface area is 116 Å². The number of non-ortho nitro benzene ring substituents is 1. The van der Waals surface area contributed by atoms with Gasteiger partial charge in [0.05, 0.1) is 16.1 Å². The SMILES string of the molecule is CC(=O)c1cc([N+](=O)[O-])ccc1OCC1(O)CCCC1. The topological polar surface area (TPSA) is 89.7 Å². The van der Waals surface area contributed by atoms with E-state index in [-0.39, 0.29) is 29.4 Å². The van der Waals surface area contributed by atoms with Gasteiger partial charge in [-0.15, -0.1) is 0 Å². The molecule has 0 saturated heterocycles. The molecule has 0 aliphatic heterocycles. The van der Waals surface area contributed by atoms with Crippen molar-refractivity contribution in [2.75, 3.05) is 6.61 Å². The van der Waals surface area contributed by atoms with Crippen molar-refractivity contribution < 1.29 is 19.6 Å². The monoisotopic (exact) mass is 279 g/mol. The van der Waals surface area contributed by atoms with E-state index in [2.05, 4.69) is 0 Å². The van der Waals surface area contributed by atoms with Crippen LogP contribution in [-0.4, -0.2) is 28.0 Å². The lowest BCUT2D eigenvalue weighted by molar-refractivity contribution is -0.384. The van der Waals surface area contributed by atoms with Crippen LogP contribution in [0.3, 0.4) is 0 Å². The maximum absolute atomic E-state index is 11.6. The fourth-order valence-electron chi connectivity index (χ4n) is 2.42. The van der Waals surface area contributed by atoms with Crippen LogP contribution >= 0.6 is 0 Å². The predicted octanol–water partition coefficient (Wildman–Crippen LogP) is 2.48. The molecule has 108 valence electrons. The molecule has 0 bridgehead atoms. The van der Waals surface area contributed by atoms with Gasteiger partial charge >= 0.3 is 0 Å². The summed E-state index contributed by atoms with van der Waals surface area (Å²) >= 11 is 0. The molecule has 1 aliphatic carbocycles. The molecule has 0 amide bonds. The van der Waals surface area contributed by atoms with E-state index in [1.54, 1.807) is 0 Å². The second kappa shape index (κ2) is 5.58. The highest BCUT2D eigenvalue weighted by molar-refractivity contribution is 5.97. The van der Waals surface area contributed by atoms with Crippen molar-refractivity contribution >= 4 is 11.5 Å². The number of nitrogens with zero attached hydrogens (tertiary/aromatic N) is 1. The van der Waals surface area contributed by atoms with Crippen LogP contribution in [0, 0.1) is 10.1 Å². The molecule has 20 heavy (non-hydrogen) atoms. The molecule has 1 aliphatic rings. The fraction of sp³-hybridized carbons (Fsp3) is 0.500. The maximum atomic E-state index is 11.6. The van der Waals surface area contributed by atoms with Gasteiger partial charge in [-0.3, -0.25) is 14.9 Å². The van der Waals surface area contributed by atoms with Crippen LogP contribution in [0.25, 0.3) is 0 Å². The molecule has 1 aromatic carbocycles. The smallest absolute Gasteiger partial charge is 0.270 e. The highest BCUT2D eigenvalue weighted by Crippen LogP contribution is 2.31. The number of Topliss-reactive ketones (excluding diaryl/α,β-unsaturated/α-hetero) is 1. The van der Waals surface area contributed by atoms with Crippen LogP contribution in [0.5, 0.6) is 5.75 Å². The minimum absolute atomic E-state index is 0.102. The standard InChI is InChI=1S/C14H17NO5/c1-10(16)12-8-11(15(18)19)4-5-13(12)20-9-14(17)6-2-3-7-14/h4-5,8,17H,2-3,6-7,9H2,1H3. The zero-order chi connectivity index (χ0) is 14.8. The van der Waals surface area contributed by atoms with Gasteiger partial charge in [0.15, 0.2) is 5.78 Å². The number of rotatable bonds is 5. The summed E-state index contributed by atoms with van der Waals surface area (Å²) in [6.07, 6.45) is 3.27. The lowest BCUT2D eigenvalue weighted by Crippen LogP contribution is -2.32. The summed E-state index contributed by atoms with van der Waals surface area (Å²) in [5.74, 6) is -0.0227. The molecule has 1 saturated carbocycles. The number of aliphatic hydroxyl groups is 1. The lowest BCUT2D eigenvalue weighted by Gasteiger charge is -2.22. The number of benzene rings is 1. The summed E-state index contributed by atoms with van der Waals surface area (Å²) in [4.78, 5) is 21.7. The first-order valence-corrected chi connectivity index (χ1v) is 6.56. The number of ketones is 1. The van der Waals surface area contributed by atoms with Gasteiger partial charge in [0, 0.05) is 12.1 Å². The molecule has 6 nitrogen and oxygen atoms in total. The highest BCUT2D eigenvalue weighted by Gasteiger charge is 2.32. The summed E-state index contributed by atoms with van der Waals surface area (Å²) in [5, 5.41) is 20.9. The van der Waals surface area contributed by atoms with Gasteiger partial charge in [0.1, 0.15) is 12.4 Å². The Bertz CT molecular complexity index is 534. The van der Waals surface area contributed by atoms with Crippen LogP contribution in [0.15, 0.2) is 18.2 Å². The molecule has 6 heteroatoms. The van der Waals surface area contributed by atoms with E-state index in [9.17, 15) is 20.0 Å². The van der Waals surface area contributed by atoms with Crippen LogP contribution in [0.1, 0.15) is 43.0 Å². The number of carbonyl (C=O) groups is 1. The molecule has 0 heterocycles. The van der Waals surface area contributed by atoms with Crippen molar-refractivity contribution in [2.24, 2.45) is 0 Å². The van der Waals surface area contributed by atoms with E-state index in [0.717, 1.165) is 12.8 Å². The Morgan fingerprint density at radius 3 is 2.65 bits per heavy atom. The summed E-state index contributed by atoms with van der Waals surface area (Å²) in [5.41, 5.74) is -0.835. The van der Waals surface area contributed by atoms with Crippen LogP contribution in [0.2, 0.25) is 0 Å². The summed E-state index contributed by atoms with van der Waals surface area (Å²) in [7, 11) is 0. The molecule has 0 aromatic heterocycles. The lowest BCUT2D eigenvalue weighted by atomic mass is 10.0. The zero-order valence-corrected chi connectivity index (χ0v) is 11.3. The van der Waals surface area contributed by atoms with E-state index in [1.807, 2.05) is 0 Å². The molecule has 1 fully saturated rings. The van der Waals surface area contributed by atoms with E-state index >= 15 is 0 Å². The second-order valence-corrected chi connectivity index (χ2v) is 5.21. The minimum Gasteiger partial charge on any atom is -0.490 e. The molecule has 0 spiro atoms. The first kappa shape index (κ1) is 14.5. The molecular weight excluding hydrogens is 262 g/mol. The van der Waals surface area contributed by atoms with Crippen molar-refractivity contribution in [3.05, 3.63) is 33.9 Å². The second-order valence-electron chi connectivity index (χ2n) is 5.21.